The smallest absolute Gasteiger partial charge is 0.354 e. The van der Waals surface area contributed by atoms with Crippen molar-refractivity contribution in [3.05, 3.63) is 23.5 Å². The number of hydrogen-bond donors (Lipinski definition) is 0. The van der Waals surface area contributed by atoms with E-state index in [9.17, 15) is 13.2 Å². The van der Waals surface area contributed by atoms with E-state index in [1.54, 1.807) is 26.2 Å². The van der Waals surface area contributed by atoms with Crippen LogP contribution in [0.15, 0.2) is 12.3 Å². The summed E-state index contributed by atoms with van der Waals surface area (Å²) in [7, 11) is 1.62. The van der Waals surface area contributed by atoms with E-state index < -0.39 is 12.6 Å². The highest BCUT2D eigenvalue weighted by Crippen LogP contribution is 2.21. The van der Waals surface area contributed by atoms with Crippen molar-refractivity contribution in [1.82, 2.24) is 4.57 Å². The lowest BCUT2D eigenvalue weighted by Gasteiger charge is -2.06. The van der Waals surface area contributed by atoms with Gasteiger partial charge in [0.1, 0.15) is 0 Å². The molecule has 0 aliphatic carbocycles. The zero-order valence-corrected chi connectivity index (χ0v) is 6.94. The van der Waals surface area contributed by atoms with Gasteiger partial charge in [0.05, 0.1) is 6.42 Å². The monoisotopic (exact) mass is 177 g/mol. The van der Waals surface area contributed by atoms with Crippen molar-refractivity contribution >= 4 is 0 Å². The quantitative estimate of drug-likeness (QED) is 0.620. The molecule has 1 rings (SSSR count). The molecule has 0 unspecified atom stereocenters. The predicted octanol–water partition coefficient (Wildman–Crippen LogP) is 2.44. The molecule has 12 heavy (non-hydrogen) atoms. The average Bonchev–Trinajstić information content (AvgIpc) is 2.06. The summed E-state index contributed by atoms with van der Waals surface area (Å²) in [6, 6.07) is 1.55. The Labute approximate surface area is 68.8 Å². The normalized spacial score (nSPS) is 12.1. The summed E-state index contributed by atoms with van der Waals surface area (Å²) in [5, 5.41) is 0. The lowest BCUT2D eigenvalue weighted by Crippen LogP contribution is -2.13. The topological polar surface area (TPSA) is 4.93 Å². The van der Waals surface area contributed by atoms with E-state index in [2.05, 4.69) is 0 Å². The maximum absolute atomic E-state index is 11.9. The van der Waals surface area contributed by atoms with Gasteiger partial charge >= 0.3 is 6.18 Å². The lowest BCUT2D eigenvalue weighted by molar-refractivity contribution is -0.128. The maximum Gasteiger partial charge on any atom is 0.394 e. The summed E-state index contributed by atoms with van der Waals surface area (Å²) in [4.78, 5) is 0. The zero-order valence-electron chi connectivity index (χ0n) is 6.94. The van der Waals surface area contributed by atoms with Crippen molar-refractivity contribution in [3.63, 3.8) is 0 Å². The number of aromatic nitrogens is 1. The minimum Gasteiger partial charge on any atom is -0.354 e. The SMILES string of the molecule is Cc1cc(CC(F)(F)F)n(C)c1. The third-order valence-corrected chi connectivity index (χ3v) is 1.63. The summed E-state index contributed by atoms with van der Waals surface area (Å²) in [6.45, 7) is 1.78. The molecule has 0 aromatic carbocycles. The van der Waals surface area contributed by atoms with Gasteiger partial charge in [0.15, 0.2) is 0 Å². The molecule has 0 saturated heterocycles. The van der Waals surface area contributed by atoms with Gasteiger partial charge in [-0.15, -0.1) is 0 Å². The van der Waals surface area contributed by atoms with Crippen LogP contribution in [0.2, 0.25) is 0 Å². The molecule has 0 radical (unpaired) electrons. The summed E-state index contributed by atoms with van der Waals surface area (Å²) in [5.41, 5.74) is 1.16. The fourth-order valence-corrected chi connectivity index (χ4v) is 1.17. The number of aryl methyl sites for hydroxylation is 2. The van der Waals surface area contributed by atoms with Crippen LogP contribution in [0.3, 0.4) is 0 Å². The molecule has 0 fully saturated rings. The second-order valence-electron chi connectivity index (χ2n) is 2.91. The Kier molecular flexibility index (Phi) is 2.17. The Bertz CT molecular complexity index is 272. The summed E-state index contributed by atoms with van der Waals surface area (Å²) in [5.74, 6) is 0. The van der Waals surface area contributed by atoms with Crippen LogP contribution in [0.5, 0.6) is 0 Å². The van der Waals surface area contributed by atoms with E-state index in [1.807, 2.05) is 0 Å². The Morgan fingerprint density at radius 1 is 1.42 bits per heavy atom. The number of halogens is 3. The number of rotatable bonds is 1. The molecule has 1 aromatic heterocycles. The minimum atomic E-state index is -4.11. The van der Waals surface area contributed by atoms with Crippen LogP contribution in [0.1, 0.15) is 11.3 Å². The summed E-state index contributed by atoms with van der Waals surface area (Å²) >= 11 is 0. The molecule has 4 heteroatoms. The highest BCUT2D eigenvalue weighted by atomic mass is 19.4. The molecular formula is C8H10F3N. The van der Waals surface area contributed by atoms with Crippen molar-refractivity contribution < 1.29 is 13.2 Å². The van der Waals surface area contributed by atoms with Gasteiger partial charge in [0.25, 0.3) is 0 Å². The number of nitrogens with zero attached hydrogens (tertiary/aromatic N) is 1. The largest absolute Gasteiger partial charge is 0.394 e. The molecule has 0 aliphatic heterocycles. The van der Waals surface area contributed by atoms with Gasteiger partial charge < -0.3 is 4.57 Å². The van der Waals surface area contributed by atoms with Gasteiger partial charge in [-0.3, -0.25) is 0 Å². The number of alkyl halides is 3. The Morgan fingerprint density at radius 2 is 2.00 bits per heavy atom. The molecule has 0 amide bonds. The molecule has 1 nitrogen and oxygen atoms in total. The van der Waals surface area contributed by atoms with Crippen LogP contribution in [-0.2, 0) is 13.5 Å². The fraction of sp³-hybridized carbons (Fsp3) is 0.500. The van der Waals surface area contributed by atoms with Gasteiger partial charge in [0.2, 0.25) is 0 Å². The fourth-order valence-electron chi connectivity index (χ4n) is 1.17. The highest BCUT2D eigenvalue weighted by Gasteiger charge is 2.28. The molecule has 0 bridgehead atoms. The van der Waals surface area contributed by atoms with Crippen molar-refractivity contribution in [1.29, 1.82) is 0 Å². The lowest BCUT2D eigenvalue weighted by atomic mass is 10.3. The minimum absolute atomic E-state index is 0.306. The van der Waals surface area contributed by atoms with Crippen LogP contribution < -0.4 is 0 Å². The van der Waals surface area contributed by atoms with Crippen LogP contribution >= 0.6 is 0 Å². The van der Waals surface area contributed by atoms with E-state index in [1.165, 1.54) is 4.57 Å². The first-order valence-corrected chi connectivity index (χ1v) is 3.57. The van der Waals surface area contributed by atoms with Gasteiger partial charge in [0, 0.05) is 18.9 Å². The van der Waals surface area contributed by atoms with Crippen molar-refractivity contribution in [2.24, 2.45) is 7.05 Å². The first-order valence-electron chi connectivity index (χ1n) is 3.57. The van der Waals surface area contributed by atoms with Crippen molar-refractivity contribution in [2.45, 2.75) is 19.5 Å². The molecule has 68 valence electrons. The second-order valence-corrected chi connectivity index (χ2v) is 2.91. The molecule has 0 N–H and O–H groups in total. The van der Waals surface area contributed by atoms with E-state index in [0.29, 0.717) is 5.69 Å². The van der Waals surface area contributed by atoms with Gasteiger partial charge in [-0.1, -0.05) is 0 Å². The van der Waals surface area contributed by atoms with Crippen LogP contribution in [-0.4, -0.2) is 10.7 Å². The number of hydrogen-bond acceptors (Lipinski definition) is 0. The van der Waals surface area contributed by atoms with Gasteiger partial charge in [-0.2, -0.15) is 13.2 Å². The first-order chi connectivity index (χ1) is 5.38. The van der Waals surface area contributed by atoms with Gasteiger partial charge in [-0.25, -0.2) is 0 Å². The molecule has 0 spiro atoms. The summed E-state index contributed by atoms with van der Waals surface area (Å²) < 4.78 is 37.3. The summed E-state index contributed by atoms with van der Waals surface area (Å²) in [6.07, 6.45) is -3.28. The van der Waals surface area contributed by atoms with E-state index >= 15 is 0 Å². The Morgan fingerprint density at radius 3 is 2.33 bits per heavy atom. The van der Waals surface area contributed by atoms with E-state index in [4.69, 9.17) is 0 Å². The highest BCUT2D eigenvalue weighted by molar-refractivity contribution is 5.17. The molecule has 1 heterocycles. The van der Waals surface area contributed by atoms with Crippen molar-refractivity contribution in [3.8, 4) is 0 Å². The van der Waals surface area contributed by atoms with Crippen LogP contribution in [0.25, 0.3) is 0 Å². The van der Waals surface area contributed by atoms with Crippen LogP contribution in [0, 0.1) is 6.92 Å². The Hall–Kier alpha value is -0.930. The van der Waals surface area contributed by atoms with E-state index in [-0.39, 0.29) is 0 Å². The standard InChI is InChI=1S/C8H10F3N/c1-6-3-7(12(2)5-6)4-8(9,10)11/h3,5H,4H2,1-2H3. The maximum atomic E-state index is 11.9. The van der Waals surface area contributed by atoms with Crippen molar-refractivity contribution in [2.75, 3.05) is 0 Å². The molecule has 1 aromatic rings. The molecule has 0 aliphatic rings. The molecule has 0 saturated carbocycles. The third-order valence-electron chi connectivity index (χ3n) is 1.63. The van der Waals surface area contributed by atoms with Crippen LogP contribution in [0.4, 0.5) is 13.2 Å². The molecule has 0 atom stereocenters. The third kappa shape index (κ3) is 2.29. The van der Waals surface area contributed by atoms with E-state index in [0.717, 1.165) is 5.56 Å². The van der Waals surface area contributed by atoms with Gasteiger partial charge in [-0.05, 0) is 18.6 Å². The zero-order chi connectivity index (χ0) is 9.35. The predicted molar refractivity (Wildman–Crippen MR) is 39.9 cm³/mol. The first kappa shape index (κ1) is 9.16. The molecular weight excluding hydrogens is 167 g/mol. The average molecular weight is 177 g/mol. The Balaban J connectivity index is 2.82. The second kappa shape index (κ2) is 2.84.